The number of nitrogens with one attached hydrogen (secondary N) is 2. The molecule has 8 atom stereocenters. The maximum Gasteiger partial charge on any atom is 0.302 e. The van der Waals surface area contributed by atoms with E-state index in [1.807, 2.05) is 48.5 Å². The predicted molar refractivity (Wildman–Crippen MR) is 201 cm³/mol. The predicted octanol–water partition coefficient (Wildman–Crippen LogP) is 2.72. The third kappa shape index (κ3) is 3.78. The molecule has 8 heterocycles. The van der Waals surface area contributed by atoms with Gasteiger partial charge in [0.05, 0.1) is 10.8 Å². The Labute approximate surface area is 322 Å². The van der Waals surface area contributed by atoms with Crippen LogP contribution in [0.15, 0.2) is 48.5 Å². The zero-order valence-corrected chi connectivity index (χ0v) is 32.7. The molecule has 278 valence electrons. The van der Waals surface area contributed by atoms with Gasteiger partial charge in [-0.15, -0.1) is 11.7 Å². The molecule has 0 aliphatic carbocycles. The summed E-state index contributed by atoms with van der Waals surface area (Å²) in [5.41, 5.74) is -0.643. The van der Waals surface area contributed by atoms with Gasteiger partial charge in [0.15, 0.2) is 15.3 Å². The van der Waals surface area contributed by atoms with Gasteiger partial charge < -0.3 is 29.9 Å². The third-order valence-corrected chi connectivity index (χ3v) is 18.1. The second kappa shape index (κ2) is 10.9. The van der Waals surface area contributed by atoms with E-state index in [0.29, 0.717) is 0 Å². The summed E-state index contributed by atoms with van der Waals surface area (Å²) in [6.45, 7) is 3.42. The van der Waals surface area contributed by atoms with Gasteiger partial charge in [-0.1, -0.05) is 58.0 Å². The van der Waals surface area contributed by atoms with Crippen LogP contribution in [0.3, 0.4) is 0 Å². The van der Waals surface area contributed by atoms with Crippen molar-refractivity contribution in [3.05, 3.63) is 59.7 Å². The number of amides is 4. The number of ether oxygens (including phenoxy) is 2. The summed E-state index contributed by atoms with van der Waals surface area (Å²) in [7, 11) is 6.61. The smallest absolute Gasteiger partial charge is 0.302 e. The fraction of sp³-hybridized carbons (Fsp3) is 0.486. The van der Waals surface area contributed by atoms with E-state index in [2.05, 4.69) is 10.6 Å². The molecule has 2 N–H and O–H groups in total. The number of hydrogen-bond donors (Lipinski definition) is 3. The number of fused-ring (bicyclic) bond motifs is 11. The molecule has 8 aliphatic heterocycles. The number of esters is 2. The molecule has 14 nitrogen and oxygen atoms in total. The lowest BCUT2D eigenvalue weighted by atomic mass is 9.54. The van der Waals surface area contributed by atoms with Crippen molar-refractivity contribution in [1.29, 1.82) is 0 Å². The molecule has 0 saturated carbocycles. The van der Waals surface area contributed by atoms with Crippen LogP contribution < -0.4 is 10.6 Å². The topological polar surface area (TPSA) is 158 Å². The van der Waals surface area contributed by atoms with Crippen molar-refractivity contribution in [3.63, 3.8) is 0 Å². The fourth-order valence-corrected chi connectivity index (χ4v) is 15.4. The molecular weight excluding hydrogens is 761 g/mol. The monoisotopic (exact) mass is 796 g/mol. The van der Waals surface area contributed by atoms with Gasteiger partial charge in [-0.25, -0.2) is 0 Å². The number of hydrogen-bond acceptors (Lipinski definition) is 14. The number of thiol groups is 1. The second-order valence-electron chi connectivity index (χ2n) is 15.0. The van der Waals surface area contributed by atoms with Gasteiger partial charge in [0.25, 0.3) is 23.6 Å². The van der Waals surface area contributed by atoms with E-state index >= 15 is 9.59 Å². The Morgan fingerprint density at radius 3 is 1.91 bits per heavy atom. The van der Waals surface area contributed by atoms with Crippen molar-refractivity contribution in [3.8, 4) is 0 Å². The number of carbonyl (C=O) groups excluding carboxylic acids is 6. The number of benzene rings is 2. The summed E-state index contributed by atoms with van der Waals surface area (Å²) in [5, 5.41) is 7.32. The maximum absolute atomic E-state index is 15.2. The molecule has 2 aromatic carbocycles. The Bertz CT molecular complexity index is 2090. The highest BCUT2D eigenvalue weighted by Gasteiger charge is 2.86. The third-order valence-electron chi connectivity index (χ3n) is 12.7. The van der Waals surface area contributed by atoms with E-state index in [4.69, 9.17) is 21.1 Å². The van der Waals surface area contributed by atoms with Gasteiger partial charge in [0.1, 0.15) is 25.5 Å². The van der Waals surface area contributed by atoms with Gasteiger partial charge in [0, 0.05) is 52.2 Å². The minimum absolute atomic E-state index is 0.0759. The molecule has 2 bridgehead atoms. The van der Waals surface area contributed by atoms with Crippen LogP contribution in [0.5, 0.6) is 0 Å². The lowest BCUT2D eigenvalue weighted by molar-refractivity contribution is -0.175. The quantitative estimate of drug-likeness (QED) is 0.223. The van der Waals surface area contributed by atoms with Crippen molar-refractivity contribution in [2.75, 3.05) is 37.9 Å². The van der Waals surface area contributed by atoms with Crippen molar-refractivity contribution in [2.45, 2.75) is 76.9 Å². The zero-order valence-electron chi connectivity index (χ0n) is 29.3. The minimum atomic E-state index is -1.56. The average Bonchev–Trinajstić information content (AvgIpc) is 3.83. The molecule has 53 heavy (non-hydrogen) atoms. The van der Waals surface area contributed by atoms with E-state index < -0.39 is 61.2 Å². The lowest BCUT2D eigenvalue weighted by Gasteiger charge is -2.58. The van der Waals surface area contributed by atoms with E-state index in [-0.39, 0.29) is 43.8 Å². The van der Waals surface area contributed by atoms with Crippen LogP contribution in [0.1, 0.15) is 44.7 Å². The second-order valence-corrected chi connectivity index (χ2v) is 19.1. The molecule has 8 aliphatic rings. The molecule has 18 heteroatoms. The number of anilines is 2. The normalized spacial score (nSPS) is 38.5. The Hall–Kier alpha value is -3.74. The summed E-state index contributed by atoms with van der Waals surface area (Å²) in [6, 6.07) is 15.5. The van der Waals surface area contributed by atoms with Crippen LogP contribution in [0.4, 0.5) is 11.4 Å². The van der Waals surface area contributed by atoms with Crippen LogP contribution >= 0.6 is 44.0 Å². The number of piperazine rings is 2. The first-order valence-electron chi connectivity index (χ1n) is 17.1. The van der Waals surface area contributed by atoms with E-state index in [1.165, 1.54) is 45.2 Å². The van der Waals surface area contributed by atoms with Crippen LogP contribution in [-0.2, 0) is 49.1 Å². The number of nitrogens with zero attached hydrogens (tertiary/aromatic N) is 4. The van der Waals surface area contributed by atoms with Crippen LogP contribution in [0.25, 0.3) is 0 Å². The summed E-state index contributed by atoms with van der Waals surface area (Å²) in [5.74, 6) is -2.67. The minimum Gasteiger partial charge on any atom is -0.463 e. The molecule has 6 saturated heterocycles. The first-order chi connectivity index (χ1) is 25.1. The Balaban J connectivity index is 1.31. The highest BCUT2D eigenvalue weighted by Crippen LogP contribution is 2.77. The summed E-state index contributed by atoms with van der Waals surface area (Å²) < 4.78 is 10.9. The van der Waals surface area contributed by atoms with Gasteiger partial charge in [0.2, 0.25) is 4.87 Å². The molecule has 4 amide bonds. The van der Waals surface area contributed by atoms with Gasteiger partial charge >= 0.3 is 11.9 Å². The SMILES string of the molecule is CC(=O)OC[C@]12SS[C@@]3(C[C@]4([C@]56C[C@]7(SS)C(=O)N(C)[C@](C)(COC(C)=O)C(=O)N7[C@H]5Nc5ccccc56)c5ccccc5N[C@@H]4N3C1=O)C(=O)N2C. The summed E-state index contributed by atoms with van der Waals surface area (Å²) in [6.07, 6.45) is -1.49. The molecule has 0 unspecified atom stereocenters. The maximum atomic E-state index is 15.2. The average molecular weight is 797 g/mol. The van der Waals surface area contributed by atoms with Gasteiger partial charge in [-0.3, -0.25) is 38.6 Å². The molecule has 1 spiro atoms. The Morgan fingerprint density at radius 2 is 1.32 bits per heavy atom. The number of carbonyl (C=O) groups is 6. The standard InChI is InChI=1S/C35H36N6O8S4/c1-18(42)48-16-30(3)26(44)40-24-31(20-10-6-8-12-22(20)36-24,14-33(40,51-50)27(45)38(30)4)32-15-34-28(46)39(5)35(53-52-34,17-49-19(2)43)29(47)41(34)25(32)37-23-13-9-7-11-21(23)32/h6-13,24-25,36-37,50H,14-17H2,1-5H3/t24-,25-,30-,31+,32+,33+,34+,35+/m1/s1. The molecule has 2 aromatic rings. The number of para-hydroxylation sites is 2. The number of rotatable bonds is 6. The van der Waals surface area contributed by atoms with Crippen LogP contribution in [0, 0.1) is 0 Å². The highest BCUT2D eigenvalue weighted by atomic mass is 33.1. The first kappa shape index (κ1) is 35.0. The van der Waals surface area contributed by atoms with Crippen molar-refractivity contribution in [2.24, 2.45) is 0 Å². The molecular formula is C35H36N6O8S4. The summed E-state index contributed by atoms with van der Waals surface area (Å²) in [4.78, 5) is 85.9. The van der Waals surface area contributed by atoms with Crippen molar-refractivity contribution < 1.29 is 38.2 Å². The van der Waals surface area contributed by atoms with Crippen LogP contribution in [0.2, 0.25) is 0 Å². The number of likely N-dealkylation sites (N-methyl/N-ethyl adjacent to an activating group) is 2. The van der Waals surface area contributed by atoms with E-state index in [0.717, 1.165) is 33.3 Å². The first-order valence-corrected chi connectivity index (χ1v) is 21.1. The largest absolute Gasteiger partial charge is 0.463 e. The van der Waals surface area contributed by atoms with Gasteiger partial charge in [-0.05, 0) is 41.0 Å². The Kier molecular flexibility index (Phi) is 7.22. The summed E-state index contributed by atoms with van der Waals surface area (Å²) >= 11 is 4.74. The van der Waals surface area contributed by atoms with Crippen molar-refractivity contribution >= 4 is 91.0 Å². The zero-order chi connectivity index (χ0) is 37.7. The van der Waals surface area contributed by atoms with Crippen molar-refractivity contribution in [1.82, 2.24) is 19.6 Å². The van der Waals surface area contributed by atoms with Gasteiger partial charge in [-0.2, -0.15) is 0 Å². The van der Waals surface area contributed by atoms with Crippen LogP contribution in [-0.4, -0.2) is 115 Å². The fourth-order valence-electron chi connectivity index (χ4n) is 10.2. The Morgan fingerprint density at radius 1 is 0.774 bits per heavy atom. The molecule has 0 aromatic heterocycles. The molecule has 0 radical (unpaired) electrons. The lowest BCUT2D eigenvalue weighted by Crippen LogP contribution is -2.77. The molecule has 6 fully saturated rings. The van der Waals surface area contributed by atoms with E-state index in [9.17, 15) is 19.2 Å². The molecule has 10 rings (SSSR count). The highest BCUT2D eigenvalue weighted by molar-refractivity contribution is 8.78. The van der Waals surface area contributed by atoms with E-state index in [1.54, 1.807) is 30.8 Å².